The molecule has 1 heterocycles. The lowest BCUT2D eigenvalue weighted by molar-refractivity contribution is -0.141. The highest BCUT2D eigenvalue weighted by Crippen LogP contribution is 2.37. The van der Waals surface area contributed by atoms with Crippen molar-refractivity contribution in [2.24, 2.45) is 5.92 Å². The third-order valence-corrected chi connectivity index (χ3v) is 5.34. The van der Waals surface area contributed by atoms with Gasteiger partial charge < -0.3 is 14.8 Å². The molecule has 0 aliphatic rings. The van der Waals surface area contributed by atoms with E-state index in [0.717, 1.165) is 27.8 Å². The Labute approximate surface area is 164 Å². The van der Waals surface area contributed by atoms with Gasteiger partial charge in [-0.25, -0.2) is 4.39 Å². The zero-order valence-corrected chi connectivity index (χ0v) is 16.7. The van der Waals surface area contributed by atoms with Gasteiger partial charge >= 0.3 is 5.97 Å². The van der Waals surface area contributed by atoms with E-state index in [-0.39, 0.29) is 17.5 Å². The Morgan fingerprint density at radius 1 is 1.18 bits per heavy atom. The Morgan fingerprint density at radius 3 is 2.46 bits per heavy atom. The van der Waals surface area contributed by atoms with Gasteiger partial charge in [-0.15, -0.1) is 0 Å². The Morgan fingerprint density at radius 2 is 1.89 bits per heavy atom. The van der Waals surface area contributed by atoms with Crippen LogP contribution in [0.2, 0.25) is 0 Å². The van der Waals surface area contributed by atoms with Gasteiger partial charge in [0.1, 0.15) is 11.6 Å². The molecule has 3 aromatic rings. The van der Waals surface area contributed by atoms with E-state index in [1.165, 1.54) is 6.07 Å². The molecule has 2 N–H and O–H groups in total. The number of hydrogen-bond donors (Lipinski definition) is 2. The van der Waals surface area contributed by atoms with Gasteiger partial charge in [-0.05, 0) is 73.2 Å². The van der Waals surface area contributed by atoms with E-state index in [1.807, 2.05) is 13.0 Å². The summed E-state index contributed by atoms with van der Waals surface area (Å²) in [6.07, 6.45) is 0.903. The maximum atomic E-state index is 13.8. The molecule has 1 atom stereocenters. The van der Waals surface area contributed by atoms with Crippen LogP contribution < -0.4 is 0 Å². The van der Waals surface area contributed by atoms with E-state index >= 15 is 0 Å². The van der Waals surface area contributed by atoms with Gasteiger partial charge in [0.15, 0.2) is 0 Å². The van der Waals surface area contributed by atoms with Crippen LogP contribution in [-0.2, 0) is 11.2 Å². The fraction of sp³-hybridized carbons (Fsp3) is 0.348. The summed E-state index contributed by atoms with van der Waals surface area (Å²) in [6, 6.07) is 10.1. The molecular weight excluding hydrogens is 357 g/mol. The Kier molecular flexibility index (Phi) is 5.45. The topological polar surface area (TPSA) is 62.5 Å². The van der Waals surface area contributed by atoms with Crippen molar-refractivity contribution in [2.45, 2.75) is 46.5 Å². The van der Waals surface area contributed by atoms with Gasteiger partial charge in [0.25, 0.3) is 0 Å². The molecule has 0 aliphatic carbocycles. The number of benzene rings is 2. The minimum Gasteiger partial charge on any atom is -0.508 e. The van der Waals surface area contributed by atoms with Crippen LogP contribution in [0.25, 0.3) is 16.6 Å². The summed E-state index contributed by atoms with van der Waals surface area (Å²) in [5.41, 5.74) is 4.17. The molecule has 0 amide bonds. The molecule has 0 aliphatic heterocycles. The number of carboxylic acid groups (broad SMARTS) is 1. The standard InChI is InChI=1S/C23H26FNO3/c1-5-15(23(27)28)11-19-18-12-17(26)7-9-21(18)25(22(19)13(2)3)16-6-8-20(24)14(4)10-16/h6-10,12-13,15,26H,5,11H2,1-4H3,(H,27,28). The summed E-state index contributed by atoms with van der Waals surface area (Å²) in [4.78, 5) is 11.7. The van der Waals surface area contributed by atoms with Gasteiger partial charge in [0.2, 0.25) is 0 Å². The predicted molar refractivity (Wildman–Crippen MR) is 109 cm³/mol. The highest BCUT2D eigenvalue weighted by molar-refractivity contribution is 5.89. The maximum absolute atomic E-state index is 13.8. The van der Waals surface area contributed by atoms with Crippen LogP contribution in [0.1, 0.15) is 49.9 Å². The third-order valence-electron chi connectivity index (χ3n) is 5.34. The highest BCUT2D eigenvalue weighted by Gasteiger charge is 2.25. The van der Waals surface area contributed by atoms with Crippen LogP contribution in [-0.4, -0.2) is 20.7 Å². The second kappa shape index (κ2) is 7.66. The number of phenolic OH excluding ortho intramolecular Hbond substituents is 1. The number of aromatic hydroxyl groups is 1. The monoisotopic (exact) mass is 383 g/mol. The first-order valence-electron chi connectivity index (χ1n) is 9.60. The second-order valence-electron chi connectivity index (χ2n) is 7.64. The van der Waals surface area contributed by atoms with Crippen LogP contribution in [0.3, 0.4) is 0 Å². The number of rotatable bonds is 6. The van der Waals surface area contributed by atoms with E-state index in [9.17, 15) is 19.4 Å². The van der Waals surface area contributed by atoms with E-state index in [4.69, 9.17) is 0 Å². The van der Waals surface area contributed by atoms with Gasteiger partial charge in [0.05, 0.1) is 11.4 Å². The normalized spacial score (nSPS) is 12.6. The molecule has 0 saturated carbocycles. The van der Waals surface area contributed by atoms with Gasteiger partial charge in [-0.3, -0.25) is 4.79 Å². The summed E-state index contributed by atoms with van der Waals surface area (Å²) < 4.78 is 15.9. The molecule has 0 radical (unpaired) electrons. The molecule has 28 heavy (non-hydrogen) atoms. The molecule has 0 spiro atoms. The van der Waals surface area contributed by atoms with Crippen molar-refractivity contribution in [3.63, 3.8) is 0 Å². The van der Waals surface area contributed by atoms with E-state index in [2.05, 4.69) is 18.4 Å². The first kappa shape index (κ1) is 19.9. The van der Waals surface area contributed by atoms with Crippen LogP contribution in [0, 0.1) is 18.7 Å². The SMILES string of the molecule is CCC(Cc1c(C(C)C)n(-c2ccc(F)c(C)c2)c2ccc(O)cc12)C(=O)O. The molecule has 0 fully saturated rings. The fourth-order valence-electron chi connectivity index (χ4n) is 3.88. The number of aromatic nitrogens is 1. The number of carboxylic acids is 1. The first-order chi connectivity index (χ1) is 13.2. The highest BCUT2D eigenvalue weighted by atomic mass is 19.1. The quantitative estimate of drug-likeness (QED) is 0.586. The average Bonchev–Trinajstić information content (AvgIpc) is 2.95. The molecule has 2 aromatic carbocycles. The van der Waals surface area contributed by atoms with Gasteiger partial charge in [-0.1, -0.05) is 20.8 Å². The Bertz CT molecular complexity index is 1040. The van der Waals surface area contributed by atoms with Gasteiger partial charge in [0, 0.05) is 16.8 Å². The summed E-state index contributed by atoms with van der Waals surface area (Å²) in [7, 11) is 0. The average molecular weight is 383 g/mol. The summed E-state index contributed by atoms with van der Waals surface area (Å²) >= 11 is 0. The minimum absolute atomic E-state index is 0.112. The lowest BCUT2D eigenvalue weighted by Crippen LogP contribution is -2.16. The number of fused-ring (bicyclic) bond motifs is 1. The molecule has 0 saturated heterocycles. The number of nitrogens with zero attached hydrogens (tertiary/aromatic N) is 1. The van der Waals surface area contributed by atoms with E-state index < -0.39 is 11.9 Å². The van der Waals surface area contributed by atoms with Crippen molar-refractivity contribution >= 4 is 16.9 Å². The summed E-state index contributed by atoms with van der Waals surface area (Å²) in [5, 5.41) is 20.5. The van der Waals surface area contributed by atoms with Crippen molar-refractivity contribution in [2.75, 3.05) is 0 Å². The maximum Gasteiger partial charge on any atom is 0.306 e. The predicted octanol–water partition coefficient (Wildman–Crippen LogP) is 5.56. The van der Waals surface area contributed by atoms with Crippen molar-refractivity contribution in [3.05, 3.63) is 59.0 Å². The molecule has 0 bridgehead atoms. The molecule has 5 heteroatoms. The molecule has 1 aromatic heterocycles. The third kappa shape index (κ3) is 3.49. The molecule has 4 nitrogen and oxygen atoms in total. The molecular formula is C23H26FNO3. The number of aryl methyl sites for hydroxylation is 1. The number of aliphatic carboxylic acids is 1. The minimum atomic E-state index is -0.823. The van der Waals surface area contributed by atoms with Gasteiger partial charge in [-0.2, -0.15) is 0 Å². The fourth-order valence-corrected chi connectivity index (χ4v) is 3.88. The van der Waals surface area contributed by atoms with Crippen molar-refractivity contribution in [1.29, 1.82) is 0 Å². The zero-order chi connectivity index (χ0) is 20.6. The van der Waals surface area contributed by atoms with E-state index in [1.54, 1.807) is 31.2 Å². The molecule has 1 unspecified atom stereocenters. The smallest absolute Gasteiger partial charge is 0.306 e. The second-order valence-corrected chi connectivity index (χ2v) is 7.64. The van der Waals surface area contributed by atoms with Crippen LogP contribution in [0.15, 0.2) is 36.4 Å². The lowest BCUT2D eigenvalue weighted by Gasteiger charge is -2.17. The molecule has 148 valence electrons. The number of halogens is 1. The zero-order valence-electron chi connectivity index (χ0n) is 16.7. The van der Waals surface area contributed by atoms with Crippen molar-refractivity contribution < 1.29 is 19.4 Å². The van der Waals surface area contributed by atoms with Crippen LogP contribution >= 0.6 is 0 Å². The Hall–Kier alpha value is -2.82. The lowest BCUT2D eigenvalue weighted by atomic mass is 9.92. The van der Waals surface area contributed by atoms with Crippen LogP contribution in [0.4, 0.5) is 4.39 Å². The van der Waals surface area contributed by atoms with Crippen molar-refractivity contribution in [1.82, 2.24) is 4.57 Å². The molecule has 3 rings (SSSR count). The van der Waals surface area contributed by atoms with E-state index in [0.29, 0.717) is 18.4 Å². The summed E-state index contributed by atoms with van der Waals surface area (Å²) in [5.74, 6) is -1.34. The number of phenols is 1. The van der Waals surface area contributed by atoms with Crippen LogP contribution in [0.5, 0.6) is 5.75 Å². The van der Waals surface area contributed by atoms with Crippen molar-refractivity contribution in [3.8, 4) is 11.4 Å². The first-order valence-corrected chi connectivity index (χ1v) is 9.60. The number of carbonyl (C=O) groups is 1. The number of hydrogen-bond acceptors (Lipinski definition) is 2. The Balaban J connectivity index is 2.35. The summed E-state index contributed by atoms with van der Waals surface area (Å²) in [6.45, 7) is 7.72. The largest absolute Gasteiger partial charge is 0.508 e.